The van der Waals surface area contributed by atoms with Gasteiger partial charge in [0.25, 0.3) is 5.91 Å². The molecule has 26 heavy (non-hydrogen) atoms. The molecule has 2 fully saturated rings. The van der Waals surface area contributed by atoms with E-state index in [1.807, 2.05) is 0 Å². The Hall–Kier alpha value is -2.64. The molecule has 2 aromatic heterocycles. The second kappa shape index (κ2) is 5.43. The number of carbonyl (C=O) groups excluding carboxylic acids is 1. The van der Waals surface area contributed by atoms with Crippen LogP contribution < -0.4 is 11.1 Å². The van der Waals surface area contributed by atoms with E-state index in [4.69, 9.17) is 4.42 Å². The highest BCUT2D eigenvalue weighted by atomic mass is 16.3. The number of amides is 1. The van der Waals surface area contributed by atoms with Gasteiger partial charge < -0.3 is 9.32 Å². The number of fused-ring (bicyclic) bond motifs is 1. The van der Waals surface area contributed by atoms with E-state index in [2.05, 4.69) is 5.10 Å². The van der Waals surface area contributed by atoms with Crippen molar-refractivity contribution in [3.05, 3.63) is 50.7 Å². The Bertz CT molecular complexity index is 986. The number of furan rings is 1. The second-order valence-electron chi connectivity index (χ2n) is 7.87. The maximum absolute atomic E-state index is 12.5. The molecule has 4 heterocycles. The number of hydrogen-bond acceptors (Lipinski definition) is 5. The molecule has 1 spiro atoms. The topological polar surface area (TPSA) is 90.3 Å². The summed E-state index contributed by atoms with van der Waals surface area (Å²) in [5, 5.41) is 4.48. The van der Waals surface area contributed by atoms with Crippen molar-refractivity contribution in [1.82, 2.24) is 19.2 Å². The van der Waals surface area contributed by atoms with Crippen LogP contribution in [0.2, 0.25) is 0 Å². The lowest BCUT2D eigenvalue weighted by Crippen LogP contribution is -2.43. The third kappa shape index (κ3) is 2.43. The minimum atomic E-state index is -0.529. The molecule has 136 valence electrons. The van der Waals surface area contributed by atoms with Crippen molar-refractivity contribution < 1.29 is 9.21 Å². The van der Waals surface area contributed by atoms with Crippen LogP contribution in [0.3, 0.4) is 0 Å². The normalized spacial score (nSPS) is 24.4. The Morgan fingerprint density at radius 1 is 1.27 bits per heavy atom. The van der Waals surface area contributed by atoms with Crippen LogP contribution in [0.15, 0.2) is 32.4 Å². The smallest absolute Gasteiger partial charge is 0.332 e. The third-order valence-corrected chi connectivity index (χ3v) is 5.82. The summed E-state index contributed by atoms with van der Waals surface area (Å²) in [5.74, 6) is 1.35. The molecule has 2 aliphatic heterocycles. The summed E-state index contributed by atoms with van der Waals surface area (Å²) in [4.78, 5) is 39.1. The fourth-order valence-corrected chi connectivity index (χ4v) is 4.21. The molecule has 1 saturated carbocycles. The van der Waals surface area contributed by atoms with E-state index >= 15 is 0 Å². The molecule has 8 heteroatoms. The average molecular weight is 356 g/mol. The van der Waals surface area contributed by atoms with Crippen LogP contribution in [0.5, 0.6) is 0 Å². The maximum Gasteiger partial charge on any atom is 0.332 e. The fraction of sp³-hybridized carbons (Fsp3) is 0.556. The number of rotatable bonds is 3. The first-order valence-corrected chi connectivity index (χ1v) is 9.08. The zero-order chi connectivity index (χ0) is 17.9. The van der Waals surface area contributed by atoms with E-state index in [-0.39, 0.29) is 11.3 Å². The van der Waals surface area contributed by atoms with E-state index in [1.165, 1.54) is 15.5 Å². The summed E-state index contributed by atoms with van der Waals surface area (Å²) >= 11 is 0. The zero-order valence-electron chi connectivity index (χ0n) is 14.4. The first-order valence-electron chi connectivity index (χ1n) is 9.08. The monoisotopic (exact) mass is 356 g/mol. The molecule has 0 aromatic carbocycles. The molecule has 3 aliphatic rings. The second-order valence-corrected chi connectivity index (χ2v) is 7.87. The molecule has 1 amide bonds. The minimum Gasteiger partial charge on any atom is -0.459 e. The van der Waals surface area contributed by atoms with Crippen LogP contribution in [0.25, 0.3) is 0 Å². The van der Waals surface area contributed by atoms with Crippen LogP contribution in [-0.2, 0) is 19.5 Å². The van der Waals surface area contributed by atoms with Crippen LogP contribution in [0.4, 0.5) is 0 Å². The van der Waals surface area contributed by atoms with Crippen molar-refractivity contribution in [2.45, 2.75) is 38.8 Å². The van der Waals surface area contributed by atoms with Gasteiger partial charge >= 0.3 is 11.1 Å². The van der Waals surface area contributed by atoms with Gasteiger partial charge in [-0.15, -0.1) is 0 Å². The predicted molar refractivity (Wildman–Crippen MR) is 90.8 cm³/mol. The molecule has 8 nitrogen and oxygen atoms in total. The highest BCUT2D eigenvalue weighted by Crippen LogP contribution is 2.39. The van der Waals surface area contributed by atoms with Gasteiger partial charge in [0, 0.05) is 38.0 Å². The highest BCUT2D eigenvalue weighted by molar-refractivity contribution is 5.91. The molecular formula is C18H20N4O4. The molecular weight excluding hydrogens is 336 g/mol. The summed E-state index contributed by atoms with van der Waals surface area (Å²) in [6, 6.07) is 3.36. The van der Waals surface area contributed by atoms with Crippen LogP contribution >= 0.6 is 0 Å². The number of carbonyl (C=O) groups is 1. The molecule has 0 unspecified atom stereocenters. The molecule has 2 aromatic rings. The summed E-state index contributed by atoms with van der Waals surface area (Å²) in [6.45, 7) is 2.16. The van der Waals surface area contributed by atoms with E-state index in [9.17, 15) is 14.4 Å². The van der Waals surface area contributed by atoms with Crippen molar-refractivity contribution in [3.8, 4) is 0 Å². The summed E-state index contributed by atoms with van der Waals surface area (Å²) in [6.07, 6.45) is 5.09. The lowest BCUT2D eigenvalue weighted by molar-refractivity contribution is 0.0740. The standard InChI is InChI=1S/C18H20N4O4/c23-15(13-2-1-7-26-13)20-6-5-18(10-20)8-14-19-22(9-12-3-4-12)17(25)16(24)21(14)11-18/h1-2,7,12H,3-6,8-11H2/t18-/m1/s1. The predicted octanol–water partition coefficient (Wildman–Crippen LogP) is 0.497. The van der Waals surface area contributed by atoms with Gasteiger partial charge in [-0.1, -0.05) is 0 Å². The number of nitrogens with zero attached hydrogens (tertiary/aromatic N) is 4. The van der Waals surface area contributed by atoms with Gasteiger partial charge in [-0.25, -0.2) is 4.68 Å². The van der Waals surface area contributed by atoms with Crippen molar-refractivity contribution in [3.63, 3.8) is 0 Å². The maximum atomic E-state index is 12.5. The van der Waals surface area contributed by atoms with Gasteiger partial charge in [-0.2, -0.15) is 5.10 Å². The quantitative estimate of drug-likeness (QED) is 0.747. The molecule has 1 saturated heterocycles. The van der Waals surface area contributed by atoms with Gasteiger partial charge in [-0.05, 0) is 37.3 Å². The molecule has 0 bridgehead atoms. The molecule has 0 N–H and O–H groups in total. The number of likely N-dealkylation sites (tertiary alicyclic amines) is 1. The van der Waals surface area contributed by atoms with Gasteiger partial charge in [0.05, 0.1) is 6.26 Å². The van der Waals surface area contributed by atoms with Crippen LogP contribution in [-0.4, -0.2) is 38.2 Å². The van der Waals surface area contributed by atoms with Crippen LogP contribution in [0, 0.1) is 11.3 Å². The zero-order valence-corrected chi connectivity index (χ0v) is 14.4. The number of aromatic nitrogens is 3. The fourth-order valence-electron chi connectivity index (χ4n) is 4.21. The largest absolute Gasteiger partial charge is 0.459 e. The van der Waals surface area contributed by atoms with Gasteiger partial charge in [0.2, 0.25) is 0 Å². The van der Waals surface area contributed by atoms with Crippen molar-refractivity contribution in [1.29, 1.82) is 0 Å². The van der Waals surface area contributed by atoms with E-state index < -0.39 is 11.1 Å². The summed E-state index contributed by atoms with van der Waals surface area (Å²) < 4.78 is 8.08. The lowest BCUT2D eigenvalue weighted by Gasteiger charge is -2.22. The van der Waals surface area contributed by atoms with Crippen molar-refractivity contribution >= 4 is 5.91 Å². The van der Waals surface area contributed by atoms with Crippen LogP contribution in [0.1, 0.15) is 35.6 Å². The Balaban J connectivity index is 1.40. The Kier molecular flexibility index (Phi) is 3.26. The van der Waals surface area contributed by atoms with Gasteiger partial charge in [-0.3, -0.25) is 19.0 Å². The van der Waals surface area contributed by atoms with Crippen molar-refractivity contribution in [2.75, 3.05) is 13.1 Å². The molecule has 1 aliphatic carbocycles. The molecule has 5 rings (SSSR count). The Labute approximate surface area is 149 Å². The molecule has 1 atom stereocenters. The summed E-state index contributed by atoms with van der Waals surface area (Å²) in [7, 11) is 0. The van der Waals surface area contributed by atoms with E-state index in [0.29, 0.717) is 50.1 Å². The number of hydrogen-bond donors (Lipinski definition) is 0. The lowest BCUT2D eigenvalue weighted by atomic mass is 9.86. The Morgan fingerprint density at radius 2 is 2.12 bits per heavy atom. The SMILES string of the molecule is O=C(c1ccco1)N1CC[C@@]2(Cc3nn(CC4CC4)c(=O)c(=O)n3C2)C1. The van der Waals surface area contributed by atoms with Gasteiger partial charge in [0.15, 0.2) is 5.76 Å². The first kappa shape index (κ1) is 15.6. The van der Waals surface area contributed by atoms with E-state index in [1.54, 1.807) is 17.0 Å². The van der Waals surface area contributed by atoms with Crippen molar-refractivity contribution in [2.24, 2.45) is 11.3 Å². The van der Waals surface area contributed by atoms with E-state index in [0.717, 1.165) is 19.3 Å². The Morgan fingerprint density at radius 3 is 2.85 bits per heavy atom. The third-order valence-electron chi connectivity index (χ3n) is 5.82. The average Bonchev–Trinajstić information content (AvgIpc) is 3.06. The summed E-state index contributed by atoms with van der Waals surface area (Å²) in [5.41, 5.74) is -1.23. The minimum absolute atomic E-state index is 0.128. The first-order chi connectivity index (χ1) is 12.5. The highest BCUT2D eigenvalue weighted by Gasteiger charge is 2.46. The van der Waals surface area contributed by atoms with Gasteiger partial charge in [0.1, 0.15) is 5.82 Å². The molecule has 0 radical (unpaired) electrons.